The van der Waals surface area contributed by atoms with Crippen molar-refractivity contribution in [2.75, 3.05) is 20.3 Å². The van der Waals surface area contributed by atoms with Crippen molar-refractivity contribution >= 4 is 5.91 Å². The minimum atomic E-state index is -0.392. The molecule has 1 aliphatic heterocycles. The summed E-state index contributed by atoms with van der Waals surface area (Å²) in [5.74, 6) is 0.584. The molecule has 2 heterocycles. The van der Waals surface area contributed by atoms with Gasteiger partial charge in [-0.05, 0) is 25.0 Å². The van der Waals surface area contributed by atoms with Crippen LogP contribution in [0.1, 0.15) is 23.5 Å². The maximum absolute atomic E-state index is 12.0. The van der Waals surface area contributed by atoms with Gasteiger partial charge in [-0.1, -0.05) is 17.3 Å². The highest BCUT2D eigenvalue weighted by atomic mass is 16.5. The van der Waals surface area contributed by atoms with E-state index in [1.165, 1.54) is 0 Å². The Kier molecular flexibility index (Phi) is 4.34. The van der Waals surface area contributed by atoms with E-state index in [4.69, 9.17) is 14.0 Å². The molecule has 0 saturated carbocycles. The molecular weight excluding hydrogens is 286 g/mol. The first-order valence-electron chi connectivity index (χ1n) is 7.14. The molecule has 7 nitrogen and oxygen atoms in total. The van der Waals surface area contributed by atoms with Gasteiger partial charge in [0.25, 0.3) is 0 Å². The Morgan fingerprint density at radius 3 is 3.18 bits per heavy atom. The summed E-state index contributed by atoms with van der Waals surface area (Å²) < 4.78 is 15.6. The first kappa shape index (κ1) is 14.5. The second-order valence-electron chi connectivity index (χ2n) is 5.00. The number of aromatic nitrogens is 2. The molecule has 1 amide bonds. The average molecular weight is 303 g/mol. The quantitative estimate of drug-likeness (QED) is 0.904. The van der Waals surface area contributed by atoms with E-state index in [9.17, 15) is 4.79 Å². The molecule has 1 aromatic heterocycles. The van der Waals surface area contributed by atoms with Crippen LogP contribution in [0.4, 0.5) is 0 Å². The molecule has 116 valence electrons. The fourth-order valence-electron chi connectivity index (χ4n) is 2.28. The van der Waals surface area contributed by atoms with Gasteiger partial charge < -0.3 is 19.3 Å². The lowest BCUT2D eigenvalue weighted by atomic mass is 10.2. The number of nitrogens with zero attached hydrogens (tertiary/aromatic N) is 2. The molecule has 1 saturated heterocycles. The Balaban J connectivity index is 1.65. The number of methoxy groups -OCH3 is 1. The van der Waals surface area contributed by atoms with Crippen molar-refractivity contribution in [2.45, 2.75) is 18.9 Å². The summed E-state index contributed by atoms with van der Waals surface area (Å²) in [6.07, 6.45) is 2.06. The van der Waals surface area contributed by atoms with Gasteiger partial charge in [0, 0.05) is 18.7 Å². The van der Waals surface area contributed by atoms with E-state index in [-0.39, 0.29) is 12.0 Å². The van der Waals surface area contributed by atoms with E-state index in [1.54, 1.807) is 13.2 Å². The molecule has 7 heteroatoms. The van der Waals surface area contributed by atoms with Crippen LogP contribution in [-0.2, 0) is 4.74 Å². The van der Waals surface area contributed by atoms with Gasteiger partial charge in [-0.25, -0.2) is 0 Å². The predicted molar refractivity (Wildman–Crippen MR) is 77.6 cm³/mol. The maximum Gasteiger partial charge on any atom is 0.316 e. The lowest BCUT2D eigenvalue weighted by Gasteiger charge is -2.08. The Morgan fingerprint density at radius 2 is 2.41 bits per heavy atom. The van der Waals surface area contributed by atoms with Crippen LogP contribution in [0.2, 0.25) is 0 Å². The second-order valence-corrected chi connectivity index (χ2v) is 5.00. The van der Waals surface area contributed by atoms with Crippen LogP contribution in [0.3, 0.4) is 0 Å². The van der Waals surface area contributed by atoms with Gasteiger partial charge in [0.05, 0.1) is 13.2 Å². The number of carbonyl (C=O) groups excluding carboxylic acids is 1. The summed E-state index contributed by atoms with van der Waals surface area (Å²) >= 11 is 0. The van der Waals surface area contributed by atoms with Crippen LogP contribution < -0.4 is 10.1 Å². The minimum absolute atomic E-state index is 0.0594. The molecule has 0 aliphatic carbocycles. The molecule has 0 bridgehead atoms. The molecule has 0 spiro atoms. The predicted octanol–water partition coefficient (Wildman–Crippen LogP) is 1.65. The molecule has 1 fully saturated rings. The molecule has 1 aliphatic rings. The Bertz CT molecular complexity index is 650. The van der Waals surface area contributed by atoms with Crippen molar-refractivity contribution in [2.24, 2.45) is 0 Å². The van der Waals surface area contributed by atoms with Gasteiger partial charge in [0.1, 0.15) is 5.75 Å². The number of benzene rings is 1. The smallest absolute Gasteiger partial charge is 0.316 e. The molecule has 2 aromatic rings. The van der Waals surface area contributed by atoms with Crippen molar-refractivity contribution in [3.63, 3.8) is 0 Å². The monoisotopic (exact) mass is 303 g/mol. The molecule has 1 unspecified atom stereocenters. The Morgan fingerprint density at radius 1 is 1.50 bits per heavy atom. The van der Waals surface area contributed by atoms with Gasteiger partial charge >= 0.3 is 11.8 Å². The van der Waals surface area contributed by atoms with Crippen LogP contribution in [0, 0.1) is 0 Å². The zero-order valence-electron chi connectivity index (χ0n) is 12.2. The van der Waals surface area contributed by atoms with Crippen LogP contribution in [0.5, 0.6) is 5.75 Å². The largest absolute Gasteiger partial charge is 0.497 e. The number of carbonyl (C=O) groups is 1. The summed E-state index contributed by atoms with van der Waals surface area (Å²) in [6, 6.07) is 7.24. The third-order valence-electron chi connectivity index (χ3n) is 3.46. The Labute approximate surface area is 127 Å². The molecule has 1 atom stereocenters. The van der Waals surface area contributed by atoms with Crippen molar-refractivity contribution in [1.82, 2.24) is 15.5 Å². The first-order valence-corrected chi connectivity index (χ1v) is 7.14. The molecule has 1 aromatic carbocycles. The zero-order valence-corrected chi connectivity index (χ0v) is 12.2. The average Bonchev–Trinajstić information content (AvgIpc) is 3.24. The van der Waals surface area contributed by atoms with Crippen LogP contribution in [-0.4, -0.2) is 42.4 Å². The van der Waals surface area contributed by atoms with E-state index in [2.05, 4.69) is 15.5 Å². The van der Waals surface area contributed by atoms with Gasteiger partial charge in [-0.2, -0.15) is 4.98 Å². The van der Waals surface area contributed by atoms with Crippen LogP contribution in [0.25, 0.3) is 11.4 Å². The third kappa shape index (κ3) is 3.25. The number of hydrogen-bond donors (Lipinski definition) is 1. The number of ether oxygens (including phenoxy) is 2. The minimum Gasteiger partial charge on any atom is -0.497 e. The summed E-state index contributed by atoms with van der Waals surface area (Å²) in [5.41, 5.74) is 0.723. The van der Waals surface area contributed by atoms with Gasteiger partial charge in [-0.15, -0.1) is 0 Å². The number of nitrogens with one attached hydrogen (secondary N) is 1. The summed E-state index contributed by atoms with van der Waals surface area (Å²) in [5, 5.41) is 6.57. The van der Waals surface area contributed by atoms with Gasteiger partial charge in [-0.3, -0.25) is 4.79 Å². The summed E-state index contributed by atoms with van der Waals surface area (Å²) in [6.45, 7) is 1.21. The highest BCUT2D eigenvalue weighted by molar-refractivity contribution is 5.89. The molecular formula is C15H17N3O4. The molecule has 3 rings (SSSR count). The normalized spacial score (nSPS) is 17.4. The van der Waals surface area contributed by atoms with Crippen molar-refractivity contribution in [1.29, 1.82) is 0 Å². The second kappa shape index (κ2) is 6.57. The van der Waals surface area contributed by atoms with E-state index in [0.29, 0.717) is 18.1 Å². The fraction of sp³-hybridized carbons (Fsp3) is 0.400. The third-order valence-corrected chi connectivity index (χ3v) is 3.46. The standard InChI is InChI=1S/C15H17N3O4/c1-20-11-5-2-4-10(8-11)13-17-15(22-18-13)14(19)16-9-12-6-3-7-21-12/h2,4-5,8,12H,3,6-7,9H2,1H3,(H,16,19). The van der Waals surface area contributed by atoms with Crippen LogP contribution in [0.15, 0.2) is 28.8 Å². The van der Waals surface area contributed by atoms with Crippen molar-refractivity contribution < 1.29 is 18.8 Å². The molecule has 22 heavy (non-hydrogen) atoms. The summed E-state index contributed by atoms with van der Waals surface area (Å²) in [4.78, 5) is 16.1. The highest BCUT2D eigenvalue weighted by Crippen LogP contribution is 2.21. The lowest BCUT2D eigenvalue weighted by Crippen LogP contribution is -2.31. The molecule has 1 N–H and O–H groups in total. The Hall–Kier alpha value is -2.41. The summed E-state index contributed by atoms with van der Waals surface area (Å²) in [7, 11) is 1.58. The molecule has 0 radical (unpaired) electrons. The van der Waals surface area contributed by atoms with E-state index >= 15 is 0 Å². The van der Waals surface area contributed by atoms with Gasteiger partial charge in [0.15, 0.2) is 0 Å². The van der Waals surface area contributed by atoms with Crippen molar-refractivity contribution in [3.8, 4) is 17.1 Å². The van der Waals surface area contributed by atoms with Crippen molar-refractivity contribution in [3.05, 3.63) is 30.2 Å². The number of hydrogen-bond acceptors (Lipinski definition) is 6. The van der Waals surface area contributed by atoms with Gasteiger partial charge in [0.2, 0.25) is 5.82 Å². The van der Waals surface area contributed by atoms with E-state index in [1.807, 2.05) is 18.2 Å². The lowest BCUT2D eigenvalue weighted by molar-refractivity contribution is 0.0822. The SMILES string of the molecule is COc1cccc(-c2noc(C(=O)NCC3CCCO3)n2)c1. The number of amides is 1. The highest BCUT2D eigenvalue weighted by Gasteiger charge is 2.20. The first-order chi connectivity index (χ1) is 10.8. The fourth-order valence-corrected chi connectivity index (χ4v) is 2.28. The van der Waals surface area contributed by atoms with E-state index < -0.39 is 5.91 Å². The maximum atomic E-state index is 12.0. The van der Waals surface area contributed by atoms with E-state index in [0.717, 1.165) is 25.0 Å². The topological polar surface area (TPSA) is 86.5 Å². The van der Waals surface area contributed by atoms with Crippen LogP contribution >= 0.6 is 0 Å². The zero-order chi connectivity index (χ0) is 15.4. The number of rotatable bonds is 5.